The number of hydrogen-bond acceptors (Lipinski definition) is 3. The fourth-order valence-electron chi connectivity index (χ4n) is 7.58. The van der Waals surface area contributed by atoms with E-state index in [-0.39, 0.29) is 5.41 Å². The molecule has 0 bridgehead atoms. The topological polar surface area (TPSA) is 49.3 Å². The van der Waals surface area contributed by atoms with Gasteiger partial charge in [0.15, 0.2) is 0 Å². The van der Waals surface area contributed by atoms with E-state index in [0.29, 0.717) is 0 Å². The third-order valence-corrected chi connectivity index (χ3v) is 10.1. The van der Waals surface area contributed by atoms with Gasteiger partial charge in [-0.05, 0) is 88.8 Å². The van der Waals surface area contributed by atoms with Crippen LogP contribution in [0.1, 0.15) is 26.3 Å². The molecule has 0 spiro atoms. The van der Waals surface area contributed by atoms with E-state index >= 15 is 0 Å². The maximum Gasteiger partial charge on any atom is 0.220 e. The molecule has 0 fully saturated rings. The van der Waals surface area contributed by atoms with E-state index in [1.165, 1.54) is 10.9 Å². The van der Waals surface area contributed by atoms with Crippen molar-refractivity contribution in [3.63, 3.8) is 0 Å². The Balaban J connectivity index is 1.17. The Bertz CT molecular complexity index is 2980. The number of fused-ring (bicyclic) bond motifs is 8. The lowest BCUT2D eigenvalue weighted by atomic mass is 9.88. The van der Waals surface area contributed by atoms with Crippen molar-refractivity contribution < 1.29 is 4.74 Å². The molecule has 10 rings (SSSR count). The van der Waals surface area contributed by atoms with E-state index in [4.69, 9.17) is 14.7 Å². The highest BCUT2D eigenvalue weighted by Gasteiger charge is 2.20. The summed E-state index contributed by atoms with van der Waals surface area (Å²) in [6.45, 7) is 6.70. The molecular weight excluding hydrogens is 639 g/mol. The van der Waals surface area contributed by atoms with E-state index in [1.54, 1.807) is 0 Å². The summed E-state index contributed by atoms with van der Waals surface area (Å²) in [5, 5.41) is 2.33. The first kappa shape index (κ1) is 30.2. The number of imidazole rings is 2. The third kappa shape index (κ3) is 4.79. The van der Waals surface area contributed by atoms with Crippen molar-refractivity contribution in [1.82, 2.24) is 23.5 Å². The van der Waals surface area contributed by atoms with Crippen molar-refractivity contribution in [2.45, 2.75) is 26.2 Å². The van der Waals surface area contributed by atoms with Crippen LogP contribution in [0.2, 0.25) is 0 Å². The lowest BCUT2D eigenvalue weighted by Gasteiger charge is -2.20. The van der Waals surface area contributed by atoms with Crippen LogP contribution in [0.15, 0.2) is 158 Å². The number of pyridine rings is 1. The second kappa shape index (κ2) is 11.4. The largest absolute Gasteiger partial charge is 0.457 e. The quantitative estimate of drug-likeness (QED) is 0.183. The maximum atomic E-state index is 6.86. The van der Waals surface area contributed by atoms with Gasteiger partial charge in [0.2, 0.25) is 5.78 Å². The van der Waals surface area contributed by atoms with Crippen molar-refractivity contribution >= 4 is 49.7 Å². The number of aromatic nitrogens is 5. The molecule has 0 N–H and O–H groups in total. The predicted molar refractivity (Wildman–Crippen MR) is 212 cm³/mol. The zero-order valence-corrected chi connectivity index (χ0v) is 29.2. The van der Waals surface area contributed by atoms with Crippen LogP contribution in [-0.2, 0) is 5.41 Å². The molecule has 0 aliphatic heterocycles. The Morgan fingerprint density at radius 1 is 0.519 bits per heavy atom. The molecular formula is C46H35N5O. The molecule has 6 nitrogen and oxygen atoms in total. The van der Waals surface area contributed by atoms with Gasteiger partial charge in [0, 0.05) is 29.1 Å². The highest BCUT2D eigenvalue weighted by molar-refractivity contribution is 6.09. The van der Waals surface area contributed by atoms with Gasteiger partial charge in [0.25, 0.3) is 0 Å². The number of rotatable bonds is 5. The first-order valence-electron chi connectivity index (χ1n) is 17.7. The zero-order chi connectivity index (χ0) is 35.0. The Kier molecular flexibility index (Phi) is 6.64. The second-order valence-corrected chi connectivity index (χ2v) is 14.4. The fraction of sp³-hybridized carbons (Fsp3) is 0.0870. The lowest BCUT2D eigenvalue weighted by molar-refractivity contribution is 0.483. The van der Waals surface area contributed by atoms with E-state index in [9.17, 15) is 0 Å². The van der Waals surface area contributed by atoms with Crippen molar-refractivity contribution in [3.8, 4) is 34.1 Å². The number of benzene rings is 6. The van der Waals surface area contributed by atoms with Crippen LogP contribution in [-0.4, -0.2) is 23.5 Å². The minimum Gasteiger partial charge on any atom is -0.457 e. The maximum absolute atomic E-state index is 6.86. The van der Waals surface area contributed by atoms with Crippen molar-refractivity contribution in [3.05, 3.63) is 163 Å². The van der Waals surface area contributed by atoms with E-state index in [2.05, 4.69) is 174 Å². The number of hydrogen-bond donors (Lipinski definition) is 0. The Hall–Kier alpha value is -6.66. The first-order valence-corrected chi connectivity index (χ1v) is 17.7. The zero-order valence-electron chi connectivity index (χ0n) is 29.2. The van der Waals surface area contributed by atoms with Crippen molar-refractivity contribution in [2.75, 3.05) is 0 Å². The molecule has 0 saturated carbocycles. The van der Waals surface area contributed by atoms with Gasteiger partial charge < -0.3 is 4.74 Å². The van der Waals surface area contributed by atoms with Crippen molar-refractivity contribution in [1.29, 1.82) is 0 Å². The molecule has 0 unspecified atom stereocenters. The number of ether oxygens (including phenoxy) is 1. The summed E-state index contributed by atoms with van der Waals surface area (Å²) in [7, 11) is 0. The van der Waals surface area contributed by atoms with Crippen molar-refractivity contribution in [2.24, 2.45) is 0 Å². The van der Waals surface area contributed by atoms with Crippen LogP contribution < -0.4 is 4.74 Å². The Morgan fingerprint density at radius 2 is 1.23 bits per heavy atom. The Labute approximate surface area is 300 Å². The monoisotopic (exact) mass is 673 g/mol. The summed E-state index contributed by atoms with van der Waals surface area (Å²) >= 11 is 0. The van der Waals surface area contributed by atoms with Gasteiger partial charge in [-0.2, -0.15) is 0 Å². The molecule has 4 heterocycles. The summed E-state index contributed by atoms with van der Waals surface area (Å²) in [5.41, 5.74) is 10.7. The molecule has 6 aromatic carbocycles. The molecule has 52 heavy (non-hydrogen) atoms. The SMILES string of the molecule is CC(C)(C)c1ccnc(-n2c3ccccc3c3ccc(Oc4cc(-c5ccccc5)cc(-n5c6ccccc6n6c7ccccc7nc56)c4)cc32)c1. The summed E-state index contributed by atoms with van der Waals surface area (Å²) in [4.78, 5) is 10.0. The summed E-state index contributed by atoms with van der Waals surface area (Å²) in [6.07, 6.45) is 1.91. The molecule has 250 valence electrons. The van der Waals surface area contributed by atoms with E-state index in [1.807, 2.05) is 18.3 Å². The fourth-order valence-corrected chi connectivity index (χ4v) is 7.58. The molecule has 0 aliphatic rings. The van der Waals surface area contributed by atoms with Crippen LogP contribution in [0.25, 0.3) is 72.3 Å². The molecule has 0 radical (unpaired) electrons. The van der Waals surface area contributed by atoms with Gasteiger partial charge >= 0.3 is 0 Å². The summed E-state index contributed by atoms with van der Waals surface area (Å²) in [5.74, 6) is 3.22. The minimum absolute atomic E-state index is 0.00800. The van der Waals surface area contributed by atoms with Gasteiger partial charge in [-0.25, -0.2) is 9.97 Å². The van der Waals surface area contributed by atoms with Gasteiger partial charge in [-0.15, -0.1) is 0 Å². The highest BCUT2D eigenvalue weighted by atomic mass is 16.5. The molecule has 0 amide bonds. The normalized spacial score (nSPS) is 12.1. The third-order valence-electron chi connectivity index (χ3n) is 10.1. The minimum atomic E-state index is -0.00800. The van der Waals surface area contributed by atoms with Crippen LogP contribution >= 0.6 is 0 Å². The van der Waals surface area contributed by atoms with Gasteiger partial charge in [-0.1, -0.05) is 93.6 Å². The number of para-hydroxylation sites is 5. The highest BCUT2D eigenvalue weighted by Crippen LogP contribution is 2.38. The van der Waals surface area contributed by atoms with Crippen LogP contribution in [0.3, 0.4) is 0 Å². The van der Waals surface area contributed by atoms with Gasteiger partial charge in [-0.3, -0.25) is 13.5 Å². The molecule has 0 atom stereocenters. The first-order chi connectivity index (χ1) is 25.4. The van der Waals surface area contributed by atoms with Gasteiger partial charge in [0.05, 0.1) is 38.8 Å². The van der Waals surface area contributed by atoms with E-state index < -0.39 is 0 Å². The second-order valence-electron chi connectivity index (χ2n) is 14.4. The molecule has 6 heteroatoms. The standard InChI is InChI=1S/C46H35N5O/c1-46(2,3)32-23-24-47-44(27-32)50-39-17-9-7-15-36(39)37-22-21-34(29-43(37)50)52-35-26-31(30-13-5-4-6-14-30)25-33(28-35)49-41-19-11-12-20-42(41)51-40-18-10-8-16-38(40)48-45(49)51/h4-29H,1-3H3. The average Bonchev–Trinajstić information content (AvgIpc) is 3.81. The lowest BCUT2D eigenvalue weighted by Crippen LogP contribution is -2.12. The average molecular weight is 674 g/mol. The molecule has 10 aromatic rings. The summed E-state index contributed by atoms with van der Waals surface area (Å²) in [6, 6.07) is 52.9. The van der Waals surface area contributed by atoms with Crippen LogP contribution in [0.4, 0.5) is 0 Å². The Morgan fingerprint density at radius 3 is 2.06 bits per heavy atom. The van der Waals surface area contributed by atoms with Crippen LogP contribution in [0, 0.1) is 0 Å². The predicted octanol–water partition coefficient (Wildman–Crippen LogP) is 11.7. The summed E-state index contributed by atoms with van der Waals surface area (Å²) < 4.78 is 13.6. The smallest absolute Gasteiger partial charge is 0.220 e. The molecule has 4 aromatic heterocycles. The van der Waals surface area contributed by atoms with E-state index in [0.717, 1.165) is 78.4 Å². The van der Waals surface area contributed by atoms with Gasteiger partial charge in [0.1, 0.15) is 17.3 Å². The van der Waals surface area contributed by atoms with Crippen LogP contribution in [0.5, 0.6) is 11.5 Å². The molecule has 0 saturated heterocycles. The number of nitrogens with zero attached hydrogens (tertiary/aromatic N) is 5. The molecule has 0 aliphatic carbocycles.